The fourth-order valence-corrected chi connectivity index (χ4v) is 3.65. The van der Waals surface area contributed by atoms with Gasteiger partial charge in [-0.1, -0.05) is 37.6 Å². The standard InChI is InChI=1S/C21H21ClFN3O5S.C2H6/c1-24-32(29)25-13-6-4-5-12(7-13)8-15-16(11-23)14-9-17(22)19(31-21(28)26(2)3)10-18(14)30-20(15)27;1-2/h4-7,9-10,24-25H,8,11H2,1-3H3;1-2H3. The topological polar surface area (TPSA) is 101 Å². The number of rotatable bonds is 7. The molecule has 1 atom stereocenters. The van der Waals surface area contributed by atoms with Crippen molar-refractivity contribution in [3.8, 4) is 5.75 Å². The number of carbonyl (C=O) groups excluding carboxylic acids is 1. The van der Waals surface area contributed by atoms with Gasteiger partial charge in [-0.15, -0.1) is 0 Å². The van der Waals surface area contributed by atoms with Gasteiger partial charge in [0.15, 0.2) is 16.9 Å². The van der Waals surface area contributed by atoms with Crippen LogP contribution in [0.3, 0.4) is 0 Å². The van der Waals surface area contributed by atoms with E-state index in [2.05, 4.69) is 9.44 Å². The largest absolute Gasteiger partial charge is 0.422 e. The Bertz CT molecular complexity index is 1250. The van der Waals surface area contributed by atoms with Crippen LogP contribution in [0.4, 0.5) is 14.9 Å². The summed E-state index contributed by atoms with van der Waals surface area (Å²) in [6, 6.07) is 9.61. The first-order valence-corrected chi connectivity index (χ1v) is 11.9. The molecule has 2 N–H and O–H groups in total. The minimum atomic E-state index is -1.47. The zero-order chi connectivity index (χ0) is 25.4. The monoisotopic (exact) mass is 511 g/mol. The van der Waals surface area contributed by atoms with Gasteiger partial charge in [-0.3, -0.25) is 4.72 Å². The maximum Gasteiger partial charge on any atom is 0.414 e. The van der Waals surface area contributed by atoms with Crippen molar-refractivity contribution in [2.45, 2.75) is 26.9 Å². The zero-order valence-electron chi connectivity index (χ0n) is 19.5. The number of alkyl halides is 1. The van der Waals surface area contributed by atoms with Crippen LogP contribution in [0, 0.1) is 0 Å². The number of carbonyl (C=O) groups is 1. The van der Waals surface area contributed by atoms with E-state index in [0.29, 0.717) is 16.6 Å². The maximum absolute atomic E-state index is 14.1. The zero-order valence-corrected chi connectivity index (χ0v) is 21.1. The number of hydrogen-bond donors (Lipinski definition) is 2. The normalized spacial score (nSPS) is 11.4. The lowest BCUT2D eigenvalue weighted by atomic mass is 9.99. The van der Waals surface area contributed by atoms with Crippen LogP contribution in [0.1, 0.15) is 30.5 Å². The van der Waals surface area contributed by atoms with Crippen molar-refractivity contribution >= 4 is 45.5 Å². The third kappa shape index (κ3) is 6.55. The molecule has 0 aliphatic carbocycles. The molecule has 0 saturated carbocycles. The molecule has 0 saturated heterocycles. The third-order valence-corrected chi connectivity index (χ3v) is 5.66. The molecule has 0 aliphatic heterocycles. The summed E-state index contributed by atoms with van der Waals surface area (Å²) >= 11 is 4.77. The number of anilines is 1. The highest BCUT2D eigenvalue weighted by atomic mass is 35.5. The number of nitrogens with zero attached hydrogens (tertiary/aromatic N) is 1. The van der Waals surface area contributed by atoms with Crippen molar-refractivity contribution in [2.75, 3.05) is 25.9 Å². The molecule has 184 valence electrons. The second-order valence-electron chi connectivity index (χ2n) is 6.97. The smallest absolute Gasteiger partial charge is 0.414 e. The van der Waals surface area contributed by atoms with Gasteiger partial charge >= 0.3 is 11.7 Å². The Morgan fingerprint density at radius 1 is 1.21 bits per heavy atom. The first-order chi connectivity index (χ1) is 16.2. The van der Waals surface area contributed by atoms with Crippen LogP contribution in [0.15, 0.2) is 45.6 Å². The van der Waals surface area contributed by atoms with Crippen molar-refractivity contribution in [2.24, 2.45) is 0 Å². The fourth-order valence-electron chi connectivity index (χ4n) is 3.00. The summed E-state index contributed by atoms with van der Waals surface area (Å²) in [5.41, 5.74) is 0.873. The Balaban J connectivity index is 0.00000199. The number of halogens is 2. The lowest BCUT2D eigenvalue weighted by molar-refractivity contribution is 0.172. The van der Waals surface area contributed by atoms with Crippen LogP contribution in [0.2, 0.25) is 5.02 Å². The van der Waals surface area contributed by atoms with Crippen LogP contribution >= 0.6 is 11.6 Å². The molecular weight excluding hydrogens is 485 g/mol. The van der Waals surface area contributed by atoms with Gasteiger partial charge < -0.3 is 14.1 Å². The molecule has 8 nitrogen and oxygen atoms in total. The second-order valence-corrected chi connectivity index (χ2v) is 8.53. The van der Waals surface area contributed by atoms with E-state index in [1.54, 1.807) is 31.3 Å². The first kappa shape index (κ1) is 27.3. The van der Waals surface area contributed by atoms with Gasteiger partial charge in [0.25, 0.3) is 0 Å². The van der Waals surface area contributed by atoms with E-state index in [1.807, 2.05) is 13.8 Å². The summed E-state index contributed by atoms with van der Waals surface area (Å²) < 4.78 is 41.6. The molecule has 1 aromatic heterocycles. The molecule has 0 radical (unpaired) electrons. The van der Waals surface area contributed by atoms with E-state index < -0.39 is 29.6 Å². The van der Waals surface area contributed by atoms with Crippen molar-refractivity contribution in [3.63, 3.8) is 0 Å². The highest BCUT2D eigenvalue weighted by molar-refractivity contribution is 7.84. The molecule has 0 fully saturated rings. The summed E-state index contributed by atoms with van der Waals surface area (Å²) in [6.07, 6.45) is -0.572. The molecule has 3 rings (SSSR count). The SMILES string of the molecule is CC.CNS(=O)Nc1cccc(Cc2c(CF)c3cc(Cl)c(OC(=O)N(C)C)cc3oc2=O)c1. The summed E-state index contributed by atoms with van der Waals surface area (Å²) in [4.78, 5) is 25.7. The van der Waals surface area contributed by atoms with E-state index in [9.17, 15) is 18.2 Å². The van der Waals surface area contributed by atoms with Crippen molar-refractivity contribution < 1.29 is 22.5 Å². The van der Waals surface area contributed by atoms with Gasteiger partial charge in [0, 0.05) is 48.8 Å². The quantitative estimate of drug-likeness (QED) is 0.444. The Hall–Kier alpha value is -2.95. The Morgan fingerprint density at radius 2 is 1.91 bits per heavy atom. The summed E-state index contributed by atoms with van der Waals surface area (Å²) in [5.74, 6) is -0.00474. The lowest BCUT2D eigenvalue weighted by Crippen LogP contribution is -2.25. The van der Waals surface area contributed by atoms with E-state index in [4.69, 9.17) is 20.8 Å². The summed E-state index contributed by atoms with van der Waals surface area (Å²) in [7, 11) is 4.55. The van der Waals surface area contributed by atoms with Gasteiger partial charge in [0.2, 0.25) is 0 Å². The van der Waals surface area contributed by atoms with E-state index >= 15 is 0 Å². The van der Waals surface area contributed by atoms with Gasteiger partial charge in [-0.05, 0) is 30.8 Å². The number of ether oxygens (including phenoxy) is 1. The Morgan fingerprint density at radius 3 is 2.53 bits per heavy atom. The molecule has 1 unspecified atom stereocenters. The number of hydrogen-bond acceptors (Lipinski definition) is 5. The molecule has 34 heavy (non-hydrogen) atoms. The summed E-state index contributed by atoms with van der Waals surface area (Å²) in [5, 5.41) is 0.380. The minimum absolute atomic E-state index is 0.00474. The number of benzene rings is 2. The molecule has 2 aromatic carbocycles. The molecular formula is C23H27ClFN3O5S. The maximum atomic E-state index is 14.1. The second kappa shape index (κ2) is 12.5. The minimum Gasteiger partial charge on any atom is -0.422 e. The number of fused-ring (bicyclic) bond motifs is 1. The predicted molar refractivity (Wildman–Crippen MR) is 133 cm³/mol. The van der Waals surface area contributed by atoms with Crippen LogP contribution in [0.25, 0.3) is 11.0 Å². The van der Waals surface area contributed by atoms with Crippen LogP contribution < -0.4 is 19.8 Å². The van der Waals surface area contributed by atoms with Gasteiger partial charge in [-0.25, -0.2) is 22.9 Å². The number of amides is 1. The third-order valence-electron chi connectivity index (χ3n) is 4.57. The van der Waals surface area contributed by atoms with Crippen molar-refractivity contribution in [1.82, 2.24) is 9.62 Å². The molecule has 1 amide bonds. The molecule has 11 heteroatoms. The first-order valence-electron chi connectivity index (χ1n) is 10.4. The Labute approximate surface area is 204 Å². The van der Waals surface area contributed by atoms with Crippen molar-refractivity contribution in [3.05, 3.63) is 68.5 Å². The molecule has 0 spiro atoms. The van der Waals surface area contributed by atoms with E-state index in [0.717, 1.165) is 0 Å². The molecule has 3 aromatic rings. The van der Waals surface area contributed by atoms with Crippen LogP contribution in [-0.2, 0) is 24.3 Å². The highest BCUT2D eigenvalue weighted by Gasteiger charge is 2.19. The summed E-state index contributed by atoms with van der Waals surface area (Å²) in [6.45, 7) is 3.08. The predicted octanol–water partition coefficient (Wildman–Crippen LogP) is 4.80. The van der Waals surface area contributed by atoms with Crippen molar-refractivity contribution in [1.29, 1.82) is 0 Å². The van der Waals surface area contributed by atoms with E-state index in [1.165, 1.54) is 31.1 Å². The van der Waals surface area contributed by atoms with Gasteiger partial charge in [0.05, 0.1) is 5.02 Å². The molecule has 1 heterocycles. The number of nitrogens with one attached hydrogen (secondary N) is 2. The molecule has 0 bridgehead atoms. The van der Waals surface area contributed by atoms with Crippen LogP contribution in [-0.4, -0.2) is 36.3 Å². The molecule has 0 aliphatic rings. The van der Waals surface area contributed by atoms with Gasteiger partial charge in [-0.2, -0.15) is 0 Å². The Kier molecular flexibility index (Phi) is 10.0. The highest BCUT2D eigenvalue weighted by Crippen LogP contribution is 2.33. The van der Waals surface area contributed by atoms with E-state index in [-0.39, 0.29) is 33.9 Å². The average molecular weight is 512 g/mol. The van der Waals surface area contributed by atoms with Crippen LogP contribution in [0.5, 0.6) is 5.75 Å². The average Bonchev–Trinajstić information content (AvgIpc) is 2.82. The fraction of sp³-hybridized carbons (Fsp3) is 0.304. The van der Waals surface area contributed by atoms with Gasteiger partial charge in [0.1, 0.15) is 12.3 Å². The lowest BCUT2D eigenvalue weighted by Gasteiger charge is -2.14.